The first-order chi connectivity index (χ1) is 4.31. The van der Waals surface area contributed by atoms with Crippen LogP contribution in [0.1, 0.15) is 6.42 Å². The van der Waals surface area contributed by atoms with Gasteiger partial charge in [0.05, 0.1) is 0 Å². The molecule has 1 amide bonds. The molecule has 0 bridgehead atoms. The van der Waals surface area contributed by atoms with Gasteiger partial charge >= 0.3 is 0 Å². The lowest BCUT2D eigenvalue weighted by Crippen LogP contribution is -2.22. The molecule has 2 N–H and O–H groups in total. The molecule has 3 heteroatoms. The van der Waals surface area contributed by atoms with Crippen molar-refractivity contribution < 1.29 is 9.90 Å². The Bertz CT molecular complexity index is 126. The van der Waals surface area contributed by atoms with Crippen molar-refractivity contribution >= 4 is 5.91 Å². The average Bonchev–Trinajstić information content (AvgIpc) is 1.89. The SMILES string of the molecule is C#CC(=O)NCCCO. The van der Waals surface area contributed by atoms with E-state index in [9.17, 15) is 4.79 Å². The van der Waals surface area contributed by atoms with Gasteiger partial charge in [-0.2, -0.15) is 0 Å². The molecule has 0 saturated heterocycles. The van der Waals surface area contributed by atoms with Gasteiger partial charge in [-0.25, -0.2) is 0 Å². The molecule has 0 spiro atoms. The summed E-state index contributed by atoms with van der Waals surface area (Å²) in [7, 11) is 0. The van der Waals surface area contributed by atoms with Gasteiger partial charge in [0.25, 0.3) is 5.91 Å². The molecule has 3 nitrogen and oxygen atoms in total. The zero-order valence-electron chi connectivity index (χ0n) is 5.05. The van der Waals surface area contributed by atoms with E-state index in [1.54, 1.807) is 0 Å². The third-order valence-corrected chi connectivity index (χ3v) is 0.752. The van der Waals surface area contributed by atoms with Crippen LogP contribution in [0.15, 0.2) is 0 Å². The summed E-state index contributed by atoms with van der Waals surface area (Å²) >= 11 is 0. The molecule has 0 fully saturated rings. The summed E-state index contributed by atoms with van der Waals surface area (Å²) in [6, 6.07) is 0. The maximum atomic E-state index is 10.3. The van der Waals surface area contributed by atoms with Crippen LogP contribution in [-0.4, -0.2) is 24.2 Å². The first-order valence-corrected chi connectivity index (χ1v) is 2.66. The molecule has 0 saturated carbocycles. The largest absolute Gasteiger partial charge is 0.396 e. The van der Waals surface area contributed by atoms with Crippen molar-refractivity contribution in [3.8, 4) is 12.3 Å². The highest BCUT2D eigenvalue weighted by atomic mass is 16.3. The summed E-state index contributed by atoms with van der Waals surface area (Å²) in [6.07, 6.45) is 5.28. The lowest BCUT2D eigenvalue weighted by molar-refractivity contribution is -0.115. The minimum absolute atomic E-state index is 0.0743. The molecule has 0 aromatic rings. The number of aliphatic hydroxyl groups is 1. The van der Waals surface area contributed by atoms with E-state index in [4.69, 9.17) is 11.5 Å². The van der Waals surface area contributed by atoms with Gasteiger partial charge in [0.15, 0.2) is 0 Å². The van der Waals surface area contributed by atoms with Crippen LogP contribution in [0.5, 0.6) is 0 Å². The fourth-order valence-corrected chi connectivity index (χ4v) is 0.332. The van der Waals surface area contributed by atoms with Crippen molar-refractivity contribution in [3.63, 3.8) is 0 Å². The molecule has 0 rings (SSSR count). The highest BCUT2D eigenvalue weighted by Gasteiger charge is 1.90. The molecule has 0 radical (unpaired) electrons. The van der Waals surface area contributed by atoms with E-state index in [0.29, 0.717) is 13.0 Å². The number of terminal acetylenes is 1. The fourth-order valence-electron chi connectivity index (χ4n) is 0.332. The van der Waals surface area contributed by atoms with Gasteiger partial charge in [0.1, 0.15) is 0 Å². The van der Waals surface area contributed by atoms with Gasteiger partial charge in [-0.05, 0) is 12.3 Å². The lowest BCUT2D eigenvalue weighted by atomic mass is 10.4. The molecule has 0 aliphatic carbocycles. The molecule has 0 aliphatic heterocycles. The predicted octanol–water partition coefficient (Wildman–Crippen LogP) is -0.882. The molecular formula is C6H9NO2. The Morgan fingerprint density at radius 2 is 2.44 bits per heavy atom. The number of carbonyl (C=O) groups excluding carboxylic acids is 1. The van der Waals surface area contributed by atoms with E-state index in [1.807, 2.05) is 5.92 Å². The van der Waals surface area contributed by atoms with Crippen LogP contribution in [0.2, 0.25) is 0 Å². The third kappa shape index (κ3) is 4.85. The summed E-state index contributed by atoms with van der Waals surface area (Å²) in [6.45, 7) is 0.518. The molecule has 0 aromatic heterocycles. The van der Waals surface area contributed by atoms with Crippen molar-refractivity contribution in [1.82, 2.24) is 5.32 Å². The highest BCUT2D eigenvalue weighted by molar-refractivity contribution is 5.92. The molecule has 0 heterocycles. The topological polar surface area (TPSA) is 49.3 Å². The second-order valence-corrected chi connectivity index (χ2v) is 1.48. The first kappa shape index (κ1) is 7.99. The molecule has 9 heavy (non-hydrogen) atoms. The Kier molecular flexibility index (Phi) is 4.56. The first-order valence-electron chi connectivity index (χ1n) is 2.66. The molecule has 0 atom stereocenters. The smallest absolute Gasteiger partial charge is 0.295 e. The van der Waals surface area contributed by atoms with E-state index < -0.39 is 5.91 Å². The van der Waals surface area contributed by atoms with Crippen LogP contribution in [0.4, 0.5) is 0 Å². The molecule has 0 aliphatic rings. The number of hydrogen-bond donors (Lipinski definition) is 2. The predicted molar refractivity (Wildman–Crippen MR) is 33.5 cm³/mol. The quantitative estimate of drug-likeness (QED) is 0.382. The monoisotopic (exact) mass is 127 g/mol. The van der Waals surface area contributed by atoms with E-state index >= 15 is 0 Å². The number of amides is 1. The zero-order chi connectivity index (χ0) is 7.11. The lowest BCUT2D eigenvalue weighted by Gasteiger charge is -1.95. The number of nitrogens with one attached hydrogen (secondary N) is 1. The van der Waals surface area contributed by atoms with Crippen molar-refractivity contribution in [1.29, 1.82) is 0 Å². The summed E-state index contributed by atoms with van der Waals surface area (Å²) in [5, 5.41) is 10.6. The van der Waals surface area contributed by atoms with Gasteiger partial charge in [-0.15, -0.1) is 6.42 Å². The van der Waals surface area contributed by atoms with Gasteiger partial charge < -0.3 is 10.4 Å². The molecule has 0 aromatic carbocycles. The van der Waals surface area contributed by atoms with E-state index in [0.717, 1.165) is 0 Å². The van der Waals surface area contributed by atoms with Crippen LogP contribution in [0, 0.1) is 12.3 Å². The van der Waals surface area contributed by atoms with E-state index in [2.05, 4.69) is 5.32 Å². The summed E-state index contributed by atoms with van der Waals surface area (Å²) in [5.74, 6) is 1.46. The summed E-state index contributed by atoms with van der Waals surface area (Å²) < 4.78 is 0. The molecular weight excluding hydrogens is 118 g/mol. The normalized spacial score (nSPS) is 8.00. The number of rotatable bonds is 3. The fraction of sp³-hybridized carbons (Fsp3) is 0.500. The Morgan fingerprint density at radius 1 is 1.78 bits per heavy atom. The zero-order valence-corrected chi connectivity index (χ0v) is 5.05. The standard InChI is InChI=1S/C6H9NO2/c1-2-6(9)7-4-3-5-8/h1,8H,3-5H2,(H,7,9). The van der Waals surface area contributed by atoms with Crippen LogP contribution >= 0.6 is 0 Å². The summed E-state index contributed by atoms with van der Waals surface area (Å²) in [5.41, 5.74) is 0. The Labute approximate surface area is 54.1 Å². The Morgan fingerprint density at radius 3 is 2.89 bits per heavy atom. The van der Waals surface area contributed by atoms with Gasteiger partial charge in [0.2, 0.25) is 0 Å². The second kappa shape index (κ2) is 5.13. The maximum absolute atomic E-state index is 10.3. The minimum atomic E-state index is -0.427. The van der Waals surface area contributed by atoms with Crippen molar-refractivity contribution in [2.24, 2.45) is 0 Å². The average molecular weight is 127 g/mol. The van der Waals surface area contributed by atoms with Crippen molar-refractivity contribution in [2.75, 3.05) is 13.2 Å². The van der Waals surface area contributed by atoms with Crippen LogP contribution in [0.3, 0.4) is 0 Å². The number of carbonyl (C=O) groups is 1. The van der Waals surface area contributed by atoms with Crippen molar-refractivity contribution in [2.45, 2.75) is 6.42 Å². The molecule has 50 valence electrons. The minimum Gasteiger partial charge on any atom is -0.396 e. The maximum Gasteiger partial charge on any atom is 0.295 e. The van der Waals surface area contributed by atoms with Crippen LogP contribution < -0.4 is 5.32 Å². The molecule has 0 unspecified atom stereocenters. The number of hydrogen-bond acceptors (Lipinski definition) is 2. The summed E-state index contributed by atoms with van der Waals surface area (Å²) in [4.78, 5) is 10.3. The Balaban J connectivity index is 3.10. The van der Waals surface area contributed by atoms with E-state index in [1.165, 1.54) is 0 Å². The van der Waals surface area contributed by atoms with Crippen LogP contribution in [-0.2, 0) is 4.79 Å². The van der Waals surface area contributed by atoms with Crippen molar-refractivity contribution in [3.05, 3.63) is 0 Å². The van der Waals surface area contributed by atoms with E-state index in [-0.39, 0.29) is 6.61 Å². The van der Waals surface area contributed by atoms with Gasteiger partial charge in [-0.1, -0.05) is 0 Å². The second-order valence-electron chi connectivity index (χ2n) is 1.48. The van der Waals surface area contributed by atoms with Crippen LogP contribution in [0.25, 0.3) is 0 Å². The highest BCUT2D eigenvalue weighted by Crippen LogP contribution is 1.70. The number of aliphatic hydroxyl groups excluding tert-OH is 1. The van der Waals surface area contributed by atoms with Gasteiger partial charge in [-0.3, -0.25) is 4.79 Å². The Hall–Kier alpha value is -1.01. The van der Waals surface area contributed by atoms with Gasteiger partial charge in [0, 0.05) is 13.2 Å². The third-order valence-electron chi connectivity index (χ3n) is 0.752.